The molecule has 1 amide bonds. The smallest absolute Gasteiger partial charge is 0.244 e. The van der Waals surface area contributed by atoms with E-state index in [4.69, 9.17) is 10.8 Å². The third-order valence-electron chi connectivity index (χ3n) is 1.66. The van der Waals surface area contributed by atoms with Gasteiger partial charge in [-0.1, -0.05) is 6.08 Å². The van der Waals surface area contributed by atoms with Crippen LogP contribution >= 0.6 is 0 Å². The van der Waals surface area contributed by atoms with Crippen molar-refractivity contribution in [1.29, 1.82) is 0 Å². The van der Waals surface area contributed by atoms with Crippen LogP contribution in [0.3, 0.4) is 0 Å². The number of hydrogen-bond donors (Lipinski definition) is 2. The summed E-state index contributed by atoms with van der Waals surface area (Å²) in [4.78, 5) is 10.5. The lowest BCUT2D eigenvalue weighted by Gasteiger charge is -2.15. The molecule has 0 saturated carbocycles. The molecule has 1 rings (SSSR count). The molecule has 3 nitrogen and oxygen atoms in total. The number of aliphatic hydroxyl groups excluding tert-OH is 1. The van der Waals surface area contributed by atoms with Crippen LogP contribution in [0.4, 0.5) is 0 Å². The van der Waals surface area contributed by atoms with Gasteiger partial charge < -0.3 is 10.8 Å². The van der Waals surface area contributed by atoms with E-state index < -0.39 is 5.91 Å². The van der Waals surface area contributed by atoms with Gasteiger partial charge in [0, 0.05) is 12.0 Å². The van der Waals surface area contributed by atoms with Crippen LogP contribution in [0.15, 0.2) is 11.6 Å². The molecule has 0 aliphatic heterocycles. The van der Waals surface area contributed by atoms with Crippen molar-refractivity contribution in [3.05, 3.63) is 11.6 Å². The van der Waals surface area contributed by atoms with Gasteiger partial charge in [-0.25, -0.2) is 0 Å². The fraction of sp³-hybridized carbons (Fsp3) is 0.571. The van der Waals surface area contributed by atoms with E-state index in [2.05, 4.69) is 0 Å². The lowest BCUT2D eigenvalue weighted by Crippen LogP contribution is -2.21. The van der Waals surface area contributed by atoms with E-state index in [1.165, 1.54) is 0 Å². The highest BCUT2D eigenvalue weighted by Gasteiger charge is 2.15. The maximum Gasteiger partial charge on any atom is 0.244 e. The summed E-state index contributed by atoms with van der Waals surface area (Å²) in [7, 11) is 0. The largest absolute Gasteiger partial charge is 0.393 e. The first-order chi connectivity index (χ1) is 4.70. The van der Waals surface area contributed by atoms with Crippen molar-refractivity contribution in [3.8, 4) is 0 Å². The molecule has 0 aromatic heterocycles. The lowest BCUT2D eigenvalue weighted by molar-refractivity contribution is -0.115. The van der Waals surface area contributed by atoms with Crippen molar-refractivity contribution in [2.75, 3.05) is 0 Å². The van der Waals surface area contributed by atoms with Crippen molar-refractivity contribution in [1.82, 2.24) is 0 Å². The van der Waals surface area contributed by atoms with E-state index in [9.17, 15) is 4.79 Å². The Morgan fingerprint density at radius 2 is 2.50 bits per heavy atom. The average molecular weight is 141 g/mol. The highest BCUT2D eigenvalue weighted by molar-refractivity contribution is 5.92. The first-order valence-corrected chi connectivity index (χ1v) is 3.37. The van der Waals surface area contributed by atoms with Crippen LogP contribution in [0.25, 0.3) is 0 Å². The third kappa shape index (κ3) is 1.57. The topological polar surface area (TPSA) is 63.3 Å². The Labute approximate surface area is 59.5 Å². The van der Waals surface area contributed by atoms with Gasteiger partial charge in [0.2, 0.25) is 5.91 Å². The van der Waals surface area contributed by atoms with Crippen molar-refractivity contribution in [3.63, 3.8) is 0 Å². The van der Waals surface area contributed by atoms with Crippen LogP contribution in [0.1, 0.15) is 19.3 Å². The van der Waals surface area contributed by atoms with Gasteiger partial charge in [0.25, 0.3) is 0 Å². The summed E-state index contributed by atoms with van der Waals surface area (Å²) in [6, 6.07) is 0. The number of carbonyl (C=O) groups excluding carboxylic acids is 1. The highest BCUT2D eigenvalue weighted by atomic mass is 16.3. The maximum absolute atomic E-state index is 10.5. The predicted molar refractivity (Wildman–Crippen MR) is 37.1 cm³/mol. The Balaban J connectivity index is 2.60. The molecule has 1 atom stereocenters. The van der Waals surface area contributed by atoms with Crippen LogP contribution in [0, 0.1) is 0 Å². The van der Waals surface area contributed by atoms with Gasteiger partial charge in [-0.15, -0.1) is 0 Å². The van der Waals surface area contributed by atoms with Gasteiger partial charge in [0.15, 0.2) is 0 Å². The zero-order chi connectivity index (χ0) is 7.56. The summed E-state index contributed by atoms with van der Waals surface area (Å²) < 4.78 is 0. The van der Waals surface area contributed by atoms with E-state index in [0.717, 1.165) is 12.8 Å². The van der Waals surface area contributed by atoms with Gasteiger partial charge in [-0.3, -0.25) is 4.79 Å². The minimum atomic E-state index is -0.404. The Hall–Kier alpha value is -0.830. The lowest BCUT2D eigenvalue weighted by atomic mass is 9.97. The molecule has 3 N–H and O–H groups in total. The number of primary amides is 1. The fourth-order valence-electron chi connectivity index (χ4n) is 1.09. The van der Waals surface area contributed by atoms with Crippen molar-refractivity contribution in [2.45, 2.75) is 25.4 Å². The van der Waals surface area contributed by atoms with Crippen LogP contribution in [-0.4, -0.2) is 17.1 Å². The van der Waals surface area contributed by atoms with Gasteiger partial charge in [0.05, 0.1) is 6.10 Å². The fourth-order valence-corrected chi connectivity index (χ4v) is 1.09. The molecule has 0 saturated heterocycles. The molecule has 56 valence electrons. The molecule has 1 unspecified atom stereocenters. The second-order valence-electron chi connectivity index (χ2n) is 2.53. The second-order valence-corrected chi connectivity index (χ2v) is 2.53. The van der Waals surface area contributed by atoms with Gasteiger partial charge in [0.1, 0.15) is 0 Å². The minimum absolute atomic E-state index is 0.368. The van der Waals surface area contributed by atoms with E-state index in [1.54, 1.807) is 6.08 Å². The Bertz CT molecular complexity index is 174. The normalized spacial score (nSPS) is 25.7. The van der Waals surface area contributed by atoms with Crippen LogP contribution in [-0.2, 0) is 4.79 Å². The number of rotatable bonds is 1. The molecule has 0 radical (unpaired) electrons. The van der Waals surface area contributed by atoms with Gasteiger partial charge >= 0.3 is 0 Å². The Morgan fingerprint density at radius 1 is 1.80 bits per heavy atom. The van der Waals surface area contributed by atoms with E-state index in [1.807, 2.05) is 0 Å². The molecule has 0 heterocycles. The summed E-state index contributed by atoms with van der Waals surface area (Å²) in [6.45, 7) is 0. The monoisotopic (exact) mass is 141 g/mol. The van der Waals surface area contributed by atoms with Crippen molar-refractivity contribution >= 4 is 5.91 Å². The Kier molecular flexibility index (Phi) is 2.06. The maximum atomic E-state index is 10.5. The number of allylic oxidation sites excluding steroid dienone is 1. The third-order valence-corrected chi connectivity index (χ3v) is 1.66. The minimum Gasteiger partial charge on any atom is -0.393 e. The first-order valence-electron chi connectivity index (χ1n) is 3.37. The van der Waals surface area contributed by atoms with Crippen molar-refractivity contribution in [2.24, 2.45) is 5.73 Å². The summed E-state index contributed by atoms with van der Waals surface area (Å²) in [6.07, 6.45) is 3.37. The summed E-state index contributed by atoms with van der Waals surface area (Å²) >= 11 is 0. The molecule has 1 aliphatic rings. The number of amides is 1. The zero-order valence-corrected chi connectivity index (χ0v) is 5.71. The van der Waals surface area contributed by atoms with Crippen LogP contribution in [0.2, 0.25) is 0 Å². The molecular weight excluding hydrogens is 130 g/mol. The molecule has 1 aliphatic carbocycles. The second kappa shape index (κ2) is 2.84. The first kappa shape index (κ1) is 7.28. The quantitative estimate of drug-likeness (QED) is 0.537. The van der Waals surface area contributed by atoms with E-state index in [0.29, 0.717) is 12.0 Å². The highest BCUT2D eigenvalue weighted by Crippen LogP contribution is 2.17. The predicted octanol–water partition coefficient (Wildman–Crippen LogP) is -0.0571. The SMILES string of the molecule is NC(=O)C1=CCCC(O)C1. The molecule has 0 aromatic rings. The molecule has 0 bridgehead atoms. The summed E-state index contributed by atoms with van der Waals surface area (Å²) in [5.41, 5.74) is 5.58. The molecule has 0 aromatic carbocycles. The number of carbonyl (C=O) groups is 1. The summed E-state index contributed by atoms with van der Waals surface area (Å²) in [5.74, 6) is -0.404. The molecule has 3 heteroatoms. The van der Waals surface area contributed by atoms with E-state index in [-0.39, 0.29) is 6.10 Å². The number of hydrogen-bond acceptors (Lipinski definition) is 2. The molecule has 0 fully saturated rings. The average Bonchev–Trinajstić information content (AvgIpc) is 1.88. The number of aliphatic hydroxyl groups is 1. The number of nitrogens with two attached hydrogens (primary N) is 1. The Morgan fingerprint density at radius 3 is 2.90 bits per heavy atom. The molecule has 0 spiro atoms. The van der Waals surface area contributed by atoms with Crippen LogP contribution < -0.4 is 5.73 Å². The van der Waals surface area contributed by atoms with Crippen molar-refractivity contribution < 1.29 is 9.90 Å². The summed E-state index contributed by atoms with van der Waals surface area (Å²) in [5, 5.41) is 9.08. The standard InChI is InChI=1S/C7H11NO2/c8-7(10)5-2-1-3-6(9)4-5/h2,6,9H,1,3-4H2,(H2,8,10). The molecule has 10 heavy (non-hydrogen) atoms. The van der Waals surface area contributed by atoms with Crippen LogP contribution in [0.5, 0.6) is 0 Å². The van der Waals surface area contributed by atoms with E-state index >= 15 is 0 Å². The zero-order valence-electron chi connectivity index (χ0n) is 5.71. The van der Waals surface area contributed by atoms with Gasteiger partial charge in [-0.2, -0.15) is 0 Å². The molecular formula is C7H11NO2. The van der Waals surface area contributed by atoms with Gasteiger partial charge in [-0.05, 0) is 12.8 Å².